The van der Waals surface area contributed by atoms with Crippen molar-refractivity contribution in [1.82, 2.24) is 15.5 Å². The van der Waals surface area contributed by atoms with Crippen molar-refractivity contribution in [3.8, 4) is 11.8 Å². The monoisotopic (exact) mass is 251 g/mol. The number of hydrogen-bond donors (Lipinski definition) is 2. The third-order valence-electron chi connectivity index (χ3n) is 2.84. The van der Waals surface area contributed by atoms with Gasteiger partial charge in [0, 0.05) is 6.42 Å². The van der Waals surface area contributed by atoms with Gasteiger partial charge in [-0.15, -0.1) is 5.92 Å². The molecular weight excluding hydrogens is 234 g/mol. The molecule has 98 valence electrons. The Kier molecular flexibility index (Phi) is 4.45. The number of carbonyl (C=O) groups is 3. The molecule has 0 spiro atoms. The highest BCUT2D eigenvalue weighted by Crippen LogP contribution is 2.28. The van der Waals surface area contributed by atoms with Gasteiger partial charge in [0.05, 0.1) is 6.54 Å². The highest BCUT2D eigenvalue weighted by molar-refractivity contribution is 6.19. The molecular formula is C12H17N3O3. The van der Waals surface area contributed by atoms with E-state index >= 15 is 0 Å². The molecule has 0 aromatic rings. The zero-order chi connectivity index (χ0) is 13.8. The molecule has 18 heavy (non-hydrogen) atoms. The summed E-state index contributed by atoms with van der Waals surface area (Å²) in [5.41, 5.74) is -1.26. The van der Waals surface area contributed by atoms with Crippen LogP contribution in [0.25, 0.3) is 0 Å². The van der Waals surface area contributed by atoms with Gasteiger partial charge in [-0.3, -0.25) is 25.1 Å². The topological polar surface area (TPSA) is 78.5 Å². The van der Waals surface area contributed by atoms with E-state index in [2.05, 4.69) is 22.5 Å². The quantitative estimate of drug-likeness (QED) is 0.533. The molecule has 1 heterocycles. The molecule has 1 saturated heterocycles. The molecule has 0 atom stereocenters. The van der Waals surface area contributed by atoms with Crippen LogP contribution in [0.3, 0.4) is 0 Å². The van der Waals surface area contributed by atoms with Gasteiger partial charge < -0.3 is 0 Å². The van der Waals surface area contributed by atoms with Crippen LogP contribution in [-0.4, -0.2) is 43.4 Å². The standard InChI is InChI=1S/C12H17N3O3/c1-4-12(7-5-6-8-15(2)3)9(16)13-11(18)14-10(12)17/h4,7-8H2,1-3H3,(H2,13,14,16,17,18). The molecule has 0 radical (unpaired) electrons. The Morgan fingerprint density at radius 3 is 2.11 bits per heavy atom. The number of urea groups is 1. The van der Waals surface area contributed by atoms with Crippen LogP contribution in [0, 0.1) is 17.3 Å². The van der Waals surface area contributed by atoms with Gasteiger partial charge in [0.1, 0.15) is 5.41 Å². The van der Waals surface area contributed by atoms with E-state index in [1.165, 1.54) is 0 Å². The molecule has 0 aromatic heterocycles. The van der Waals surface area contributed by atoms with E-state index in [1.54, 1.807) is 6.92 Å². The summed E-state index contributed by atoms with van der Waals surface area (Å²) in [5.74, 6) is 4.56. The van der Waals surface area contributed by atoms with Gasteiger partial charge in [0.2, 0.25) is 11.8 Å². The fourth-order valence-electron chi connectivity index (χ4n) is 1.61. The third kappa shape index (κ3) is 2.87. The second-order valence-electron chi connectivity index (χ2n) is 4.44. The van der Waals surface area contributed by atoms with Crippen molar-refractivity contribution >= 4 is 17.8 Å². The summed E-state index contributed by atoms with van der Waals surface area (Å²) in [5, 5.41) is 4.23. The van der Waals surface area contributed by atoms with Crippen LogP contribution in [0.1, 0.15) is 19.8 Å². The van der Waals surface area contributed by atoms with Crippen molar-refractivity contribution in [3.05, 3.63) is 0 Å². The maximum Gasteiger partial charge on any atom is 0.328 e. The number of rotatable bonds is 3. The molecule has 4 amide bonds. The van der Waals surface area contributed by atoms with Crippen LogP contribution in [-0.2, 0) is 9.59 Å². The minimum absolute atomic E-state index is 0.113. The second-order valence-corrected chi connectivity index (χ2v) is 4.44. The number of hydrogen-bond acceptors (Lipinski definition) is 4. The second kappa shape index (κ2) is 5.65. The highest BCUT2D eigenvalue weighted by atomic mass is 16.2. The van der Waals surface area contributed by atoms with E-state index in [9.17, 15) is 14.4 Å². The smallest absolute Gasteiger partial charge is 0.299 e. The fraction of sp³-hybridized carbons (Fsp3) is 0.583. The summed E-state index contributed by atoms with van der Waals surface area (Å²) < 4.78 is 0. The summed E-state index contributed by atoms with van der Waals surface area (Å²) in [4.78, 5) is 36.5. The Bertz CT molecular complexity index is 412. The van der Waals surface area contributed by atoms with E-state index in [4.69, 9.17) is 0 Å². The van der Waals surface area contributed by atoms with Crippen LogP contribution >= 0.6 is 0 Å². The van der Waals surface area contributed by atoms with Crippen molar-refractivity contribution in [2.24, 2.45) is 5.41 Å². The summed E-state index contributed by atoms with van der Waals surface area (Å²) >= 11 is 0. The van der Waals surface area contributed by atoms with Crippen LogP contribution < -0.4 is 10.6 Å². The van der Waals surface area contributed by atoms with E-state index in [0.29, 0.717) is 13.0 Å². The fourth-order valence-corrected chi connectivity index (χ4v) is 1.61. The molecule has 1 aliphatic heterocycles. The van der Waals surface area contributed by atoms with Gasteiger partial charge in [-0.25, -0.2) is 4.79 Å². The zero-order valence-corrected chi connectivity index (χ0v) is 10.8. The summed E-state index contributed by atoms with van der Waals surface area (Å²) in [6, 6.07) is -0.768. The van der Waals surface area contributed by atoms with Gasteiger partial charge in [0.15, 0.2) is 0 Å². The van der Waals surface area contributed by atoms with Gasteiger partial charge in [-0.2, -0.15) is 0 Å². The largest absolute Gasteiger partial charge is 0.328 e. The lowest BCUT2D eigenvalue weighted by Gasteiger charge is -2.31. The third-order valence-corrected chi connectivity index (χ3v) is 2.84. The minimum Gasteiger partial charge on any atom is -0.299 e. The lowest BCUT2D eigenvalue weighted by molar-refractivity contribution is -0.144. The first kappa shape index (κ1) is 14.2. The number of nitrogens with one attached hydrogen (secondary N) is 2. The Labute approximate surface area is 106 Å². The molecule has 1 rings (SSSR count). The first-order valence-electron chi connectivity index (χ1n) is 5.69. The molecule has 0 unspecified atom stereocenters. The first-order chi connectivity index (χ1) is 8.42. The van der Waals surface area contributed by atoms with E-state index in [0.717, 1.165) is 0 Å². The van der Waals surface area contributed by atoms with E-state index in [1.807, 2.05) is 19.0 Å². The van der Waals surface area contributed by atoms with E-state index < -0.39 is 23.3 Å². The summed E-state index contributed by atoms with van der Waals surface area (Å²) in [6.07, 6.45) is 0.414. The van der Waals surface area contributed by atoms with Crippen molar-refractivity contribution in [1.29, 1.82) is 0 Å². The average molecular weight is 251 g/mol. The predicted octanol–water partition coefficient (Wildman–Crippen LogP) is -0.296. The molecule has 2 N–H and O–H groups in total. The van der Waals surface area contributed by atoms with Crippen molar-refractivity contribution < 1.29 is 14.4 Å². The first-order valence-corrected chi connectivity index (χ1v) is 5.69. The van der Waals surface area contributed by atoms with Crippen molar-refractivity contribution in [2.75, 3.05) is 20.6 Å². The number of carbonyl (C=O) groups excluding carboxylic acids is 3. The predicted molar refractivity (Wildman–Crippen MR) is 65.4 cm³/mol. The highest BCUT2D eigenvalue weighted by Gasteiger charge is 2.48. The minimum atomic E-state index is -1.26. The zero-order valence-electron chi connectivity index (χ0n) is 10.8. The molecule has 0 saturated carbocycles. The van der Waals surface area contributed by atoms with Crippen LogP contribution in [0.2, 0.25) is 0 Å². The molecule has 6 heteroatoms. The average Bonchev–Trinajstić information content (AvgIpc) is 2.27. The van der Waals surface area contributed by atoms with Crippen LogP contribution in [0.15, 0.2) is 0 Å². The van der Waals surface area contributed by atoms with E-state index in [-0.39, 0.29) is 6.42 Å². The van der Waals surface area contributed by atoms with Gasteiger partial charge in [0.25, 0.3) is 0 Å². The SMILES string of the molecule is CCC1(CC#CCN(C)C)C(=O)NC(=O)NC1=O. The molecule has 1 aliphatic rings. The molecule has 0 bridgehead atoms. The summed E-state index contributed by atoms with van der Waals surface area (Å²) in [7, 11) is 3.76. The number of nitrogens with zero attached hydrogens (tertiary/aromatic N) is 1. The Hall–Kier alpha value is -1.87. The maximum atomic E-state index is 11.8. The Morgan fingerprint density at radius 1 is 1.11 bits per heavy atom. The van der Waals surface area contributed by atoms with Gasteiger partial charge >= 0.3 is 6.03 Å². The lowest BCUT2D eigenvalue weighted by Crippen LogP contribution is -2.62. The Balaban J connectivity index is 2.83. The molecule has 0 aliphatic carbocycles. The Morgan fingerprint density at radius 2 is 1.67 bits per heavy atom. The molecule has 1 fully saturated rings. The number of imide groups is 2. The maximum absolute atomic E-state index is 11.8. The van der Waals surface area contributed by atoms with Crippen LogP contribution in [0.4, 0.5) is 4.79 Å². The van der Waals surface area contributed by atoms with Gasteiger partial charge in [-0.1, -0.05) is 12.8 Å². The number of amides is 4. The molecule has 6 nitrogen and oxygen atoms in total. The normalized spacial score (nSPS) is 17.9. The summed E-state index contributed by atoms with van der Waals surface area (Å²) in [6.45, 7) is 2.28. The number of barbiturate groups is 1. The lowest BCUT2D eigenvalue weighted by atomic mass is 9.79. The molecule has 0 aromatic carbocycles. The van der Waals surface area contributed by atoms with Crippen LogP contribution in [0.5, 0.6) is 0 Å². The van der Waals surface area contributed by atoms with Crippen molar-refractivity contribution in [3.63, 3.8) is 0 Å². The van der Waals surface area contributed by atoms with Crippen molar-refractivity contribution in [2.45, 2.75) is 19.8 Å². The van der Waals surface area contributed by atoms with Gasteiger partial charge in [-0.05, 0) is 20.5 Å².